The third kappa shape index (κ3) is 7.50. The van der Waals surface area contributed by atoms with E-state index in [9.17, 15) is 4.79 Å². The normalized spacial score (nSPS) is 17.6. The number of ether oxygens (including phenoxy) is 1. The van der Waals surface area contributed by atoms with Crippen LogP contribution >= 0.6 is 0 Å². The molecule has 0 atom stereocenters. The molecule has 1 fully saturated rings. The maximum absolute atomic E-state index is 11.7. The molecule has 112 valence electrons. The molecule has 0 bridgehead atoms. The van der Waals surface area contributed by atoms with Gasteiger partial charge < -0.3 is 15.4 Å². The fourth-order valence-corrected chi connectivity index (χ4v) is 2.35. The Kier molecular flexibility index (Phi) is 8.79. The molecule has 1 amide bonds. The molecule has 0 aromatic carbocycles. The first-order valence-electron chi connectivity index (χ1n) is 7.47. The van der Waals surface area contributed by atoms with Crippen LogP contribution < -0.4 is 10.6 Å². The van der Waals surface area contributed by atoms with E-state index in [1.54, 1.807) is 7.11 Å². The van der Waals surface area contributed by atoms with E-state index in [0.29, 0.717) is 25.7 Å². The number of carbonyl (C=O) groups is 1. The van der Waals surface area contributed by atoms with Gasteiger partial charge in [0.2, 0.25) is 5.91 Å². The number of nitrogens with zero attached hydrogens (tertiary/aromatic N) is 1. The average Bonchev–Trinajstić information content (AvgIpc) is 2.43. The van der Waals surface area contributed by atoms with Crippen LogP contribution in [-0.4, -0.2) is 63.3 Å². The predicted octanol–water partition coefficient (Wildman–Crippen LogP) is 0.603. The summed E-state index contributed by atoms with van der Waals surface area (Å²) in [6.07, 6.45) is 4.36. The number of rotatable bonds is 9. The number of hydrogen-bond acceptors (Lipinski definition) is 4. The number of carbonyl (C=O) groups excluding carboxylic acids is 1. The minimum atomic E-state index is 0.135. The van der Waals surface area contributed by atoms with Crippen molar-refractivity contribution in [2.24, 2.45) is 0 Å². The number of nitrogens with one attached hydrogen (secondary N) is 2. The largest absolute Gasteiger partial charge is 0.385 e. The predicted molar refractivity (Wildman–Crippen MR) is 77.3 cm³/mol. The van der Waals surface area contributed by atoms with E-state index in [0.717, 1.165) is 38.9 Å². The molecule has 1 saturated heterocycles. The Hall–Kier alpha value is -0.650. The summed E-state index contributed by atoms with van der Waals surface area (Å²) in [5.74, 6) is 0.135. The molecule has 0 aromatic heterocycles. The Morgan fingerprint density at radius 1 is 1.32 bits per heavy atom. The summed E-state index contributed by atoms with van der Waals surface area (Å²) in [7, 11) is 1.68. The summed E-state index contributed by atoms with van der Waals surface area (Å²) in [6, 6.07) is 0.640. The van der Waals surface area contributed by atoms with Gasteiger partial charge in [-0.15, -0.1) is 0 Å². The minimum absolute atomic E-state index is 0.135. The van der Waals surface area contributed by atoms with E-state index in [-0.39, 0.29) is 5.91 Å². The first-order chi connectivity index (χ1) is 9.26. The van der Waals surface area contributed by atoms with Gasteiger partial charge in [-0.1, -0.05) is 6.92 Å². The highest BCUT2D eigenvalue weighted by atomic mass is 16.5. The van der Waals surface area contributed by atoms with Crippen LogP contribution in [0.1, 0.15) is 32.6 Å². The van der Waals surface area contributed by atoms with Crippen molar-refractivity contribution in [3.63, 3.8) is 0 Å². The van der Waals surface area contributed by atoms with Crippen LogP contribution in [0.25, 0.3) is 0 Å². The lowest BCUT2D eigenvalue weighted by molar-refractivity contribution is -0.122. The van der Waals surface area contributed by atoms with Crippen molar-refractivity contribution in [1.82, 2.24) is 15.5 Å². The second-order valence-corrected chi connectivity index (χ2v) is 5.20. The summed E-state index contributed by atoms with van der Waals surface area (Å²) >= 11 is 0. The first-order valence-corrected chi connectivity index (χ1v) is 7.47. The van der Waals surface area contributed by atoms with Crippen molar-refractivity contribution in [3.05, 3.63) is 0 Å². The zero-order valence-corrected chi connectivity index (χ0v) is 12.4. The standard InChI is InChI=1S/C14H29N3O2/c1-3-7-15-13-5-9-17(10-6-13)12-14(18)16-8-4-11-19-2/h13,15H,3-12H2,1-2H3,(H,16,18). The molecule has 0 radical (unpaired) electrons. The average molecular weight is 271 g/mol. The number of piperidine rings is 1. The van der Waals surface area contributed by atoms with Crippen molar-refractivity contribution >= 4 is 5.91 Å². The monoisotopic (exact) mass is 271 g/mol. The molecular weight excluding hydrogens is 242 g/mol. The fraction of sp³-hybridized carbons (Fsp3) is 0.929. The third-order valence-corrected chi connectivity index (χ3v) is 3.49. The molecule has 0 aliphatic carbocycles. The quantitative estimate of drug-likeness (QED) is 0.603. The zero-order chi connectivity index (χ0) is 13.9. The maximum Gasteiger partial charge on any atom is 0.234 e. The van der Waals surface area contributed by atoms with Crippen molar-refractivity contribution < 1.29 is 9.53 Å². The molecule has 0 spiro atoms. The maximum atomic E-state index is 11.7. The Balaban J connectivity index is 2.06. The van der Waals surface area contributed by atoms with E-state index in [2.05, 4.69) is 22.5 Å². The molecule has 2 N–H and O–H groups in total. The fourth-order valence-electron chi connectivity index (χ4n) is 2.35. The highest BCUT2D eigenvalue weighted by Crippen LogP contribution is 2.09. The second kappa shape index (κ2) is 10.2. The van der Waals surface area contributed by atoms with Crippen molar-refractivity contribution in [1.29, 1.82) is 0 Å². The van der Waals surface area contributed by atoms with Gasteiger partial charge in [-0.05, 0) is 32.2 Å². The van der Waals surface area contributed by atoms with Crippen molar-refractivity contribution in [3.8, 4) is 0 Å². The van der Waals surface area contributed by atoms with Gasteiger partial charge in [0.15, 0.2) is 0 Å². The van der Waals surface area contributed by atoms with Crippen LogP contribution in [-0.2, 0) is 9.53 Å². The summed E-state index contributed by atoms with van der Waals surface area (Å²) in [5.41, 5.74) is 0. The lowest BCUT2D eigenvalue weighted by Crippen LogP contribution is -2.46. The van der Waals surface area contributed by atoms with Crippen LogP contribution in [0, 0.1) is 0 Å². The Labute approximate surface area is 117 Å². The number of methoxy groups -OCH3 is 1. The molecule has 0 saturated carbocycles. The minimum Gasteiger partial charge on any atom is -0.385 e. The van der Waals surface area contributed by atoms with Gasteiger partial charge >= 0.3 is 0 Å². The van der Waals surface area contributed by atoms with Gasteiger partial charge in [-0.25, -0.2) is 0 Å². The van der Waals surface area contributed by atoms with Crippen LogP contribution in [0.5, 0.6) is 0 Å². The lowest BCUT2D eigenvalue weighted by Gasteiger charge is -2.31. The van der Waals surface area contributed by atoms with E-state index >= 15 is 0 Å². The van der Waals surface area contributed by atoms with Crippen LogP contribution in [0.3, 0.4) is 0 Å². The van der Waals surface area contributed by atoms with Crippen molar-refractivity contribution in [2.45, 2.75) is 38.6 Å². The number of hydrogen-bond donors (Lipinski definition) is 2. The summed E-state index contributed by atoms with van der Waals surface area (Å²) < 4.78 is 4.95. The van der Waals surface area contributed by atoms with Gasteiger partial charge in [-0.2, -0.15) is 0 Å². The molecule has 5 heteroatoms. The number of likely N-dealkylation sites (tertiary alicyclic amines) is 1. The molecule has 19 heavy (non-hydrogen) atoms. The summed E-state index contributed by atoms with van der Waals surface area (Å²) in [4.78, 5) is 14.0. The van der Waals surface area contributed by atoms with Crippen LogP contribution in [0.15, 0.2) is 0 Å². The summed E-state index contributed by atoms with van der Waals surface area (Å²) in [5, 5.41) is 6.49. The smallest absolute Gasteiger partial charge is 0.234 e. The first kappa shape index (κ1) is 16.4. The molecule has 0 aromatic rings. The van der Waals surface area contributed by atoms with E-state index in [4.69, 9.17) is 4.74 Å². The zero-order valence-electron chi connectivity index (χ0n) is 12.4. The Bertz CT molecular complexity index is 241. The summed E-state index contributed by atoms with van der Waals surface area (Å²) in [6.45, 7) is 7.28. The molecule has 1 aliphatic rings. The second-order valence-electron chi connectivity index (χ2n) is 5.20. The number of amides is 1. The molecule has 1 rings (SSSR count). The molecule has 5 nitrogen and oxygen atoms in total. The molecule has 1 heterocycles. The highest BCUT2D eigenvalue weighted by molar-refractivity contribution is 5.77. The van der Waals surface area contributed by atoms with E-state index < -0.39 is 0 Å². The Morgan fingerprint density at radius 3 is 2.68 bits per heavy atom. The van der Waals surface area contributed by atoms with Gasteiger partial charge in [-0.3, -0.25) is 9.69 Å². The van der Waals surface area contributed by atoms with E-state index in [1.165, 1.54) is 6.42 Å². The SMILES string of the molecule is CCCNC1CCN(CC(=O)NCCCOC)CC1. The van der Waals surface area contributed by atoms with Gasteiger partial charge in [0.05, 0.1) is 6.54 Å². The van der Waals surface area contributed by atoms with Crippen molar-refractivity contribution in [2.75, 3.05) is 46.4 Å². The van der Waals surface area contributed by atoms with Crippen LogP contribution in [0.4, 0.5) is 0 Å². The topological polar surface area (TPSA) is 53.6 Å². The van der Waals surface area contributed by atoms with Gasteiger partial charge in [0.1, 0.15) is 0 Å². The highest BCUT2D eigenvalue weighted by Gasteiger charge is 2.19. The Morgan fingerprint density at radius 2 is 2.05 bits per heavy atom. The lowest BCUT2D eigenvalue weighted by atomic mass is 10.1. The molecular formula is C14H29N3O2. The van der Waals surface area contributed by atoms with Crippen LogP contribution in [0.2, 0.25) is 0 Å². The third-order valence-electron chi connectivity index (χ3n) is 3.49. The van der Waals surface area contributed by atoms with E-state index in [1.807, 2.05) is 0 Å². The molecule has 1 aliphatic heterocycles. The molecule has 0 unspecified atom stereocenters. The van der Waals surface area contributed by atoms with Gasteiger partial charge in [0, 0.05) is 39.4 Å². The van der Waals surface area contributed by atoms with Gasteiger partial charge in [0.25, 0.3) is 0 Å².